The highest BCUT2D eigenvalue weighted by Gasteiger charge is 2.29. The summed E-state index contributed by atoms with van der Waals surface area (Å²) >= 11 is 8.67. The van der Waals surface area contributed by atoms with Crippen molar-refractivity contribution in [3.05, 3.63) is 27.9 Å². The number of carbonyl (C=O) groups excluding carboxylic acids is 1. The van der Waals surface area contributed by atoms with E-state index in [4.69, 9.17) is 21.7 Å². The minimum Gasteiger partial charge on any atom is -0.492 e. The Balaban J connectivity index is 2.36. The van der Waals surface area contributed by atoms with Crippen molar-refractivity contribution in [3.8, 4) is 11.5 Å². The first-order valence-corrected chi connectivity index (χ1v) is 8.56. The number of ether oxygens (including phenoxy) is 2. The van der Waals surface area contributed by atoms with Gasteiger partial charge < -0.3 is 14.8 Å². The summed E-state index contributed by atoms with van der Waals surface area (Å²) in [5.74, 6) is 1.14. The molecule has 1 heterocycles. The molecule has 2 rings (SSSR count). The summed E-state index contributed by atoms with van der Waals surface area (Å²) in [5.41, 5.74) is 1.28. The van der Waals surface area contributed by atoms with Crippen molar-refractivity contribution in [3.63, 3.8) is 0 Å². The van der Waals surface area contributed by atoms with E-state index in [0.717, 1.165) is 16.5 Å². The molecule has 0 unspecified atom stereocenters. The maximum atomic E-state index is 12.4. The van der Waals surface area contributed by atoms with Gasteiger partial charge in [-0.3, -0.25) is 9.69 Å². The zero-order chi connectivity index (χ0) is 17.0. The van der Waals surface area contributed by atoms with Crippen molar-refractivity contribution in [1.82, 2.24) is 10.2 Å². The average molecular weight is 399 g/mol. The summed E-state index contributed by atoms with van der Waals surface area (Å²) in [7, 11) is 1.59. The lowest BCUT2D eigenvalue weighted by Gasteiger charge is -2.12. The lowest BCUT2D eigenvalue weighted by Crippen LogP contribution is -2.31. The quantitative estimate of drug-likeness (QED) is 0.588. The highest BCUT2D eigenvalue weighted by atomic mass is 79.9. The van der Waals surface area contributed by atoms with Gasteiger partial charge in [-0.2, -0.15) is 0 Å². The number of carbonyl (C=O) groups is 1. The zero-order valence-electron chi connectivity index (χ0n) is 13.3. The lowest BCUT2D eigenvalue weighted by atomic mass is 10.1. The monoisotopic (exact) mass is 398 g/mol. The van der Waals surface area contributed by atoms with E-state index < -0.39 is 0 Å². The molecule has 1 N–H and O–H groups in total. The molecule has 0 spiro atoms. The number of nitrogens with one attached hydrogen (secondary N) is 1. The molecular weight excluding hydrogens is 380 g/mol. The summed E-state index contributed by atoms with van der Waals surface area (Å²) in [6, 6.07) is 3.70. The first-order valence-electron chi connectivity index (χ1n) is 7.36. The minimum absolute atomic E-state index is 0.109. The standard InChI is InChI=1S/C16H19BrN2O3S/c1-4-6-19-15(20)12(18-16(19)23)8-10-7-11(17)14(21-3)13(9-10)22-5-2/h7-9H,4-6H2,1-3H3,(H,18,23). The van der Waals surface area contributed by atoms with Crippen molar-refractivity contribution in [2.75, 3.05) is 20.3 Å². The molecule has 1 aromatic rings. The highest BCUT2D eigenvalue weighted by molar-refractivity contribution is 9.10. The molecule has 23 heavy (non-hydrogen) atoms. The van der Waals surface area contributed by atoms with E-state index in [-0.39, 0.29) is 5.91 Å². The first-order chi connectivity index (χ1) is 11.0. The summed E-state index contributed by atoms with van der Waals surface area (Å²) in [5, 5.41) is 3.41. The van der Waals surface area contributed by atoms with Crippen LogP contribution in [0.2, 0.25) is 0 Å². The van der Waals surface area contributed by atoms with Gasteiger partial charge in [-0.05, 0) is 65.3 Å². The Morgan fingerprint density at radius 1 is 1.39 bits per heavy atom. The number of amides is 1. The smallest absolute Gasteiger partial charge is 0.276 e. The van der Waals surface area contributed by atoms with Crippen LogP contribution in [0.25, 0.3) is 6.08 Å². The topological polar surface area (TPSA) is 50.8 Å². The van der Waals surface area contributed by atoms with Gasteiger partial charge in [-0.1, -0.05) is 6.92 Å². The Bertz CT molecular complexity index is 661. The Morgan fingerprint density at radius 3 is 2.74 bits per heavy atom. The highest BCUT2D eigenvalue weighted by Crippen LogP contribution is 2.37. The summed E-state index contributed by atoms with van der Waals surface area (Å²) in [6.07, 6.45) is 2.61. The Kier molecular flexibility index (Phi) is 6.01. The van der Waals surface area contributed by atoms with Crippen LogP contribution in [0.3, 0.4) is 0 Å². The third-order valence-corrected chi connectivity index (χ3v) is 4.17. The van der Waals surface area contributed by atoms with Gasteiger partial charge in [0.05, 0.1) is 18.2 Å². The van der Waals surface area contributed by atoms with Crippen molar-refractivity contribution in [2.45, 2.75) is 20.3 Å². The maximum Gasteiger partial charge on any atom is 0.276 e. The van der Waals surface area contributed by atoms with Crippen LogP contribution in [0.5, 0.6) is 11.5 Å². The molecule has 0 bridgehead atoms. The fraction of sp³-hybridized carbons (Fsp3) is 0.375. The SMILES string of the molecule is CCCN1C(=O)C(=Cc2cc(Br)c(OC)c(OCC)c2)NC1=S. The van der Waals surface area contributed by atoms with Crippen LogP contribution in [0.1, 0.15) is 25.8 Å². The van der Waals surface area contributed by atoms with E-state index in [2.05, 4.69) is 21.2 Å². The van der Waals surface area contributed by atoms with E-state index in [1.165, 1.54) is 0 Å². The van der Waals surface area contributed by atoms with Crippen LogP contribution in [0.15, 0.2) is 22.3 Å². The molecule has 7 heteroatoms. The third-order valence-electron chi connectivity index (χ3n) is 3.26. The van der Waals surface area contributed by atoms with Gasteiger partial charge in [-0.25, -0.2) is 0 Å². The van der Waals surface area contributed by atoms with Crippen LogP contribution >= 0.6 is 28.1 Å². The molecule has 1 fully saturated rings. The molecule has 124 valence electrons. The number of thiocarbonyl (C=S) groups is 1. The molecule has 1 aliphatic rings. The third kappa shape index (κ3) is 3.84. The van der Waals surface area contributed by atoms with E-state index in [0.29, 0.717) is 35.5 Å². The molecule has 0 saturated carbocycles. The fourth-order valence-corrected chi connectivity index (χ4v) is 3.20. The second kappa shape index (κ2) is 7.79. The molecule has 1 amide bonds. The number of benzene rings is 1. The molecule has 1 saturated heterocycles. The van der Waals surface area contributed by atoms with E-state index in [9.17, 15) is 4.79 Å². The molecular formula is C16H19BrN2O3S. The zero-order valence-corrected chi connectivity index (χ0v) is 15.7. The predicted molar refractivity (Wildman–Crippen MR) is 97.6 cm³/mol. The molecule has 0 aromatic heterocycles. The average Bonchev–Trinajstić information content (AvgIpc) is 2.75. The number of rotatable bonds is 6. The Labute approximate surface area is 149 Å². The lowest BCUT2D eigenvalue weighted by molar-refractivity contribution is -0.122. The van der Waals surface area contributed by atoms with Gasteiger partial charge in [0.15, 0.2) is 16.6 Å². The van der Waals surface area contributed by atoms with Gasteiger partial charge in [0.25, 0.3) is 5.91 Å². The summed E-state index contributed by atoms with van der Waals surface area (Å²) < 4.78 is 11.7. The molecule has 0 radical (unpaired) electrons. The second-order valence-corrected chi connectivity index (χ2v) is 6.15. The summed E-state index contributed by atoms with van der Waals surface area (Å²) in [4.78, 5) is 13.9. The number of methoxy groups -OCH3 is 1. The maximum absolute atomic E-state index is 12.4. The van der Waals surface area contributed by atoms with Crippen molar-refractivity contribution < 1.29 is 14.3 Å². The molecule has 0 atom stereocenters. The first kappa shape index (κ1) is 17.7. The van der Waals surface area contributed by atoms with Crippen molar-refractivity contribution >= 4 is 45.2 Å². The number of nitrogens with zero attached hydrogens (tertiary/aromatic N) is 1. The number of hydrogen-bond donors (Lipinski definition) is 1. The van der Waals surface area contributed by atoms with Gasteiger partial charge in [0.2, 0.25) is 0 Å². The van der Waals surface area contributed by atoms with Gasteiger partial charge in [0, 0.05) is 6.54 Å². The van der Waals surface area contributed by atoms with Gasteiger partial charge >= 0.3 is 0 Å². The van der Waals surface area contributed by atoms with Crippen LogP contribution in [-0.4, -0.2) is 36.2 Å². The van der Waals surface area contributed by atoms with E-state index in [1.54, 1.807) is 18.1 Å². The van der Waals surface area contributed by atoms with E-state index in [1.807, 2.05) is 26.0 Å². The normalized spacial score (nSPS) is 16.0. The largest absolute Gasteiger partial charge is 0.492 e. The number of halogens is 1. The minimum atomic E-state index is -0.109. The second-order valence-electron chi connectivity index (χ2n) is 4.91. The summed E-state index contributed by atoms with van der Waals surface area (Å²) in [6.45, 7) is 5.04. The van der Waals surface area contributed by atoms with Gasteiger partial charge in [0.1, 0.15) is 5.70 Å². The van der Waals surface area contributed by atoms with Gasteiger partial charge in [-0.15, -0.1) is 0 Å². The molecule has 5 nitrogen and oxygen atoms in total. The van der Waals surface area contributed by atoms with Crippen molar-refractivity contribution in [2.24, 2.45) is 0 Å². The predicted octanol–water partition coefficient (Wildman–Crippen LogP) is 3.32. The molecule has 1 aliphatic heterocycles. The van der Waals surface area contributed by atoms with Crippen LogP contribution in [0, 0.1) is 0 Å². The fourth-order valence-electron chi connectivity index (χ4n) is 2.30. The van der Waals surface area contributed by atoms with Crippen LogP contribution in [-0.2, 0) is 4.79 Å². The number of hydrogen-bond acceptors (Lipinski definition) is 4. The van der Waals surface area contributed by atoms with Crippen LogP contribution < -0.4 is 14.8 Å². The van der Waals surface area contributed by atoms with E-state index >= 15 is 0 Å². The molecule has 1 aromatic carbocycles. The molecule has 0 aliphatic carbocycles. The van der Waals surface area contributed by atoms with Crippen molar-refractivity contribution in [1.29, 1.82) is 0 Å². The Morgan fingerprint density at radius 2 is 2.13 bits per heavy atom. The van der Waals surface area contributed by atoms with Crippen LogP contribution in [0.4, 0.5) is 0 Å². The Hall–Kier alpha value is -1.60.